The normalized spacial score (nSPS) is 12.5. The van der Waals surface area contributed by atoms with Crippen LogP contribution < -0.4 is 5.32 Å². The summed E-state index contributed by atoms with van der Waals surface area (Å²) in [7, 11) is 0. The molecule has 1 atom stereocenters. The number of carbonyl (C=O) groups is 1. The molecule has 0 bridgehead atoms. The average Bonchev–Trinajstić information content (AvgIpc) is 2.66. The van der Waals surface area contributed by atoms with Crippen LogP contribution in [0.3, 0.4) is 0 Å². The first-order valence-corrected chi connectivity index (χ1v) is 5.26. The Balaban J connectivity index is 2.68. The van der Waals surface area contributed by atoms with Crippen molar-refractivity contribution in [2.45, 2.75) is 32.9 Å². The van der Waals surface area contributed by atoms with Crippen LogP contribution in [-0.2, 0) is 6.54 Å². The molecule has 15 heavy (non-hydrogen) atoms. The summed E-state index contributed by atoms with van der Waals surface area (Å²) in [5.41, 5.74) is 0.650. The maximum Gasteiger partial charge on any atom is 0.268 e. The molecule has 0 fully saturated rings. The van der Waals surface area contributed by atoms with Gasteiger partial charge in [-0.05, 0) is 25.5 Å². The van der Waals surface area contributed by atoms with Gasteiger partial charge in [0.1, 0.15) is 5.69 Å². The van der Waals surface area contributed by atoms with E-state index in [-0.39, 0.29) is 18.6 Å². The van der Waals surface area contributed by atoms with Gasteiger partial charge in [0, 0.05) is 18.8 Å². The molecule has 1 amide bonds. The van der Waals surface area contributed by atoms with Crippen LogP contribution in [0.4, 0.5) is 0 Å². The Labute approximate surface area is 89.9 Å². The van der Waals surface area contributed by atoms with Gasteiger partial charge in [0.2, 0.25) is 0 Å². The molecule has 2 N–H and O–H groups in total. The third kappa shape index (κ3) is 3.09. The third-order valence-electron chi connectivity index (χ3n) is 2.18. The van der Waals surface area contributed by atoms with E-state index in [4.69, 9.17) is 5.11 Å². The summed E-state index contributed by atoms with van der Waals surface area (Å²) < 4.78 is 1.92. The lowest BCUT2D eigenvalue weighted by Crippen LogP contribution is -2.36. The zero-order valence-electron chi connectivity index (χ0n) is 9.23. The summed E-state index contributed by atoms with van der Waals surface area (Å²) in [6.45, 7) is 4.63. The standard InChI is InChI=1S/C11H18N2O2/c1-3-6-13-7-4-5-10(13)11(15)12-9(2)8-14/h4-5,7,9,14H,3,6,8H2,1-2H3,(H,12,15). The highest BCUT2D eigenvalue weighted by Crippen LogP contribution is 2.03. The van der Waals surface area contributed by atoms with Crippen molar-refractivity contribution >= 4 is 5.91 Å². The van der Waals surface area contributed by atoms with E-state index in [2.05, 4.69) is 12.2 Å². The molecule has 0 aromatic carbocycles. The molecular weight excluding hydrogens is 192 g/mol. The van der Waals surface area contributed by atoms with E-state index in [0.29, 0.717) is 5.69 Å². The van der Waals surface area contributed by atoms with E-state index in [1.165, 1.54) is 0 Å². The van der Waals surface area contributed by atoms with Crippen LogP contribution in [0, 0.1) is 0 Å². The molecule has 0 aliphatic rings. The summed E-state index contributed by atoms with van der Waals surface area (Å²) in [5, 5.41) is 11.6. The molecule has 1 unspecified atom stereocenters. The number of hydrogen-bond acceptors (Lipinski definition) is 2. The molecule has 84 valence electrons. The maximum absolute atomic E-state index is 11.7. The van der Waals surface area contributed by atoms with Crippen LogP contribution in [0.2, 0.25) is 0 Å². The Morgan fingerprint density at radius 3 is 3.00 bits per heavy atom. The summed E-state index contributed by atoms with van der Waals surface area (Å²) in [5.74, 6) is -0.130. The number of nitrogens with one attached hydrogen (secondary N) is 1. The molecule has 0 aliphatic heterocycles. The maximum atomic E-state index is 11.7. The Morgan fingerprint density at radius 1 is 1.67 bits per heavy atom. The van der Waals surface area contributed by atoms with Gasteiger partial charge in [0.25, 0.3) is 5.91 Å². The topological polar surface area (TPSA) is 54.3 Å². The molecule has 0 spiro atoms. The molecule has 1 aromatic heterocycles. The molecule has 1 aromatic rings. The van der Waals surface area contributed by atoms with E-state index in [9.17, 15) is 4.79 Å². The van der Waals surface area contributed by atoms with Gasteiger partial charge in [-0.1, -0.05) is 6.92 Å². The summed E-state index contributed by atoms with van der Waals surface area (Å²) in [4.78, 5) is 11.7. The molecule has 1 heterocycles. The molecule has 0 radical (unpaired) electrons. The highest BCUT2D eigenvalue weighted by molar-refractivity contribution is 5.92. The van der Waals surface area contributed by atoms with Crippen molar-refractivity contribution in [2.24, 2.45) is 0 Å². The predicted octanol–water partition coefficient (Wildman–Crippen LogP) is 1.01. The summed E-state index contributed by atoms with van der Waals surface area (Å²) in [6.07, 6.45) is 2.88. The van der Waals surface area contributed by atoms with Gasteiger partial charge < -0.3 is 15.0 Å². The van der Waals surface area contributed by atoms with Crippen LogP contribution in [0.15, 0.2) is 18.3 Å². The lowest BCUT2D eigenvalue weighted by molar-refractivity contribution is 0.0913. The zero-order chi connectivity index (χ0) is 11.3. The van der Waals surface area contributed by atoms with E-state index < -0.39 is 0 Å². The zero-order valence-corrected chi connectivity index (χ0v) is 9.23. The van der Waals surface area contributed by atoms with Crippen LogP contribution in [0.5, 0.6) is 0 Å². The Kier molecular flexibility index (Phi) is 4.37. The Hall–Kier alpha value is -1.29. The minimum atomic E-state index is -0.206. The van der Waals surface area contributed by atoms with Crippen LogP contribution in [0.25, 0.3) is 0 Å². The fourth-order valence-electron chi connectivity index (χ4n) is 1.40. The number of amides is 1. The van der Waals surface area contributed by atoms with Crippen molar-refractivity contribution in [2.75, 3.05) is 6.61 Å². The SMILES string of the molecule is CCCn1cccc1C(=O)NC(C)CO. The van der Waals surface area contributed by atoms with E-state index in [1.54, 1.807) is 13.0 Å². The first-order valence-electron chi connectivity index (χ1n) is 5.26. The minimum absolute atomic E-state index is 0.0414. The molecule has 0 saturated carbocycles. The van der Waals surface area contributed by atoms with Crippen LogP contribution in [-0.4, -0.2) is 28.2 Å². The first-order chi connectivity index (χ1) is 7.19. The number of aromatic nitrogens is 1. The second-order valence-electron chi connectivity index (χ2n) is 3.64. The number of carbonyl (C=O) groups excluding carboxylic acids is 1. The lowest BCUT2D eigenvalue weighted by Gasteiger charge is -2.12. The largest absolute Gasteiger partial charge is 0.394 e. The number of aliphatic hydroxyl groups excluding tert-OH is 1. The third-order valence-corrected chi connectivity index (χ3v) is 2.18. The highest BCUT2D eigenvalue weighted by Gasteiger charge is 2.12. The molecule has 4 heteroatoms. The van der Waals surface area contributed by atoms with Crippen LogP contribution >= 0.6 is 0 Å². The molecular formula is C11H18N2O2. The van der Waals surface area contributed by atoms with Gasteiger partial charge in [0.15, 0.2) is 0 Å². The second kappa shape index (κ2) is 5.56. The quantitative estimate of drug-likeness (QED) is 0.762. The number of hydrogen-bond donors (Lipinski definition) is 2. The molecule has 0 aliphatic carbocycles. The minimum Gasteiger partial charge on any atom is -0.394 e. The fraction of sp³-hybridized carbons (Fsp3) is 0.545. The number of aryl methyl sites for hydroxylation is 1. The van der Waals surface area contributed by atoms with Gasteiger partial charge in [-0.3, -0.25) is 4.79 Å². The van der Waals surface area contributed by atoms with Gasteiger partial charge >= 0.3 is 0 Å². The van der Waals surface area contributed by atoms with E-state index in [0.717, 1.165) is 13.0 Å². The number of rotatable bonds is 5. The highest BCUT2D eigenvalue weighted by atomic mass is 16.3. The molecule has 0 saturated heterocycles. The summed E-state index contributed by atoms with van der Waals surface area (Å²) >= 11 is 0. The molecule has 1 rings (SSSR count). The Morgan fingerprint density at radius 2 is 2.40 bits per heavy atom. The van der Waals surface area contributed by atoms with E-state index >= 15 is 0 Å². The Bertz CT molecular complexity index is 320. The van der Waals surface area contributed by atoms with E-state index in [1.807, 2.05) is 16.8 Å². The van der Waals surface area contributed by atoms with Crippen molar-refractivity contribution in [3.05, 3.63) is 24.0 Å². The average molecular weight is 210 g/mol. The van der Waals surface area contributed by atoms with Gasteiger partial charge in [-0.2, -0.15) is 0 Å². The lowest BCUT2D eigenvalue weighted by atomic mass is 10.3. The van der Waals surface area contributed by atoms with Gasteiger partial charge in [-0.25, -0.2) is 0 Å². The van der Waals surface area contributed by atoms with Gasteiger partial charge in [-0.15, -0.1) is 0 Å². The van der Waals surface area contributed by atoms with Crippen molar-refractivity contribution in [3.63, 3.8) is 0 Å². The van der Waals surface area contributed by atoms with Crippen molar-refractivity contribution in [3.8, 4) is 0 Å². The predicted molar refractivity (Wildman–Crippen MR) is 58.7 cm³/mol. The van der Waals surface area contributed by atoms with Crippen LogP contribution in [0.1, 0.15) is 30.8 Å². The second-order valence-corrected chi connectivity index (χ2v) is 3.64. The first kappa shape index (κ1) is 11.8. The summed E-state index contributed by atoms with van der Waals surface area (Å²) in [6, 6.07) is 3.44. The van der Waals surface area contributed by atoms with Gasteiger partial charge in [0.05, 0.1) is 6.61 Å². The van der Waals surface area contributed by atoms with Crippen molar-refractivity contribution in [1.29, 1.82) is 0 Å². The van der Waals surface area contributed by atoms with Crippen molar-refractivity contribution in [1.82, 2.24) is 9.88 Å². The van der Waals surface area contributed by atoms with Crippen molar-refractivity contribution < 1.29 is 9.90 Å². The smallest absolute Gasteiger partial charge is 0.268 e. The fourth-order valence-corrected chi connectivity index (χ4v) is 1.40. The monoisotopic (exact) mass is 210 g/mol. The number of nitrogens with zero attached hydrogens (tertiary/aromatic N) is 1. The number of aliphatic hydroxyl groups is 1. The molecule has 4 nitrogen and oxygen atoms in total.